The Morgan fingerprint density at radius 2 is 2.14 bits per heavy atom. The molecule has 0 aliphatic carbocycles. The van der Waals surface area contributed by atoms with Gasteiger partial charge in [-0.2, -0.15) is 4.98 Å². The molecule has 0 unspecified atom stereocenters. The van der Waals surface area contributed by atoms with Gasteiger partial charge in [0.1, 0.15) is 16.9 Å². The van der Waals surface area contributed by atoms with Crippen LogP contribution in [0.1, 0.15) is 39.3 Å². The highest BCUT2D eigenvalue weighted by atomic mass is 35.5. The molecule has 0 radical (unpaired) electrons. The molecule has 1 amide bonds. The standard InChI is InChI=1S/C15H22ClN3O3/c1-10-8-12(16)18-13(17-10)21-11-6-5-7-19(9-11)14(20)22-15(2,3)4/h8,11H,5-7,9H2,1-4H3/t11-/m1/s1. The van der Waals surface area contributed by atoms with E-state index in [2.05, 4.69) is 9.97 Å². The molecule has 7 heteroatoms. The fraction of sp³-hybridized carbons (Fsp3) is 0.667. The summed E-state index contributed by atoms with van der Waals surface area (Å²) >= 11 is 5.90. The van der Waals surface area contributed by atoms with Gasteiger partial charge >= 0.3 is 12.1 Å². The summed E-state index contributed by atoms with van der Waals surface area (Å²) < 4.78 is 11.2. The highest BCUT2D eigenvalue weighted by Gasteiger charge is 2.29. The van der Waals surface area contributed by atoms with Crippen molar-refractivity contribution < 1.29 is 14.3 Å². The van der Waals surface area contributed by atoms with Crippen LogP contribution in [0.15, 0.2) is 6.07 Å². The zero-order valence-corrected chi connectivity index (χ0v) is 14.2. The van der Waals surface area contributed by atoms with Crippen molar-refractivity contribution in [1.29, 1.82) is 0 Å². The monoisotopic (exact) mass is 327 g/mol. The lowest BCUT2D eigenvalue weighted by atomic mass is 10.1. The van der Waals surface area contributed by atoms with Crippen molar-refractivity contribution in [1.82, 2.24) is 14.9 Å². The van der Waals surface area contributed by atoms with Crippen LogP contribution < -0.4 is 4.74 Å². The second kappa shape index (κ2) is 6.69. The first-order valence-corrected chi connectivity index (χ1v) is 7.76. The van der Waals surface area contributed by atoms with Crippen molar-refractivity contribution in [2.45, 2.75) is 52.2 Å². The molecule has 1 aliphatic rings. The van der Waals surface area contributed by atoms with Crippen molar-refractivity contribution in [2.24, 2.45) is 0 Å². The van der Waals surface area contributed by atoms with E-state index >= 15 is 0 Å². The minimum atomic E-state index is -0.502. The molecule has 0 saturated carbocycles. The summed E-state index contributed by atoms with van der Waals surface area (Å²) in [6.07, 6.45) is 1.22. The molecular formula is C15H22ClN3O3. The van der Waals surface area contributed by atoms with Gasteiger partial charge in [-0.1, -0.05) is 11.6 Å². The molecule has 0 spiro atoms. The molecule has 2 rings (SSSR count). The summed E-state index contributed by atoms with van der Waals surface area (Å²) in [4.78, 5) is 22.0. The van der Waals surface area contributed by atoms with Crippen LogP contribution in [0.4, 0.5) is 4.79 Å². The van der Waals surface area contributed by atoms with Gasteiger partial charge < -0.3 is 14.4 Å². The number of piperidine rings is 1. The van der Waals surface area contributed by atoms with E-state index in [0.29, 0.717) is 18.2 Å². The number of nitrogens with zero attached hydrogens (tertiary/aromatic N) is 3. The third kappa shape index (κ3) is 5.02. The molecule has 0 N–H and O–H groups in total. The molecule has 22 heavy (non-hydrogen) atoms. The number of halogens is 1. The minimum absolute atomic E-state index is 0.154. The Morgan fingerprint density at radius 3 is 2.77 bits per heavy atom. The molecule has 1 aliphatic heterocycles. The van der Waals surface area contributed by atoms with E-state index in [1.54, 1.807) is 11.0 Å². The molecule has 6 nitrogen and oxygen atoms in total. The number of ether oxygens (including phenoxy) is 2. The average molecular weight is 328 g/mol. The quantitative estimate of drug-likeness (QED) is 0.780. The van der Waals surface area contributed by atoms with Gasteiger partial charge in [0.25, 0.3) is 0 Å². The van der Waals surface area contributed by atoms with E-state index in [1.807, 2.05) is 27.7 Å². The second-order valence-electron chi connectivity index (χ2n) is 6.42. The van der Waals surface area contributed by atoms with Crippen LogP contribution in [0.2, 0.25) is 5.15 Å². The lowest BCUT2D eigenvalue weighted by molar-refractivity contribution is 0.00658. The molecule has 122 valence electrons. The first kappa shape index (κ1) is 16.8. The number of aryl methyl sites for hydroxylation is 1. The molecule has 1 saturated heterocycles. The molecule has 1 aromatic rings. The van der Waals surface area contributed by atoms with E-state index < -0.39 is 5.60 Å². The van der Waals surface area contributed by atoms with E-state index in [-0.39, 0.29) is 18.2 Å². The van der Waals surface area contributed by atoms with Crippen molar-refractivity contribution in [3.05, 3.63) is 16.9 Å². The van der Waals surface area contributed by atoms with Crippen molar-refractivity contribution >= 4 is 17.7 Å². The van der Waals surface area contributed by atoms with Crippen molar-refractivity contribution in [3.63, 3.8) is 0 Å². The zero-order chi connectivity index (χ0) is 16.3. The van der Waals surface area contributed by atoms with Crippen LogP contribution in [0, 0.1) is 6.92 Å². The second-order valence-corrected chi connectivity index (χ2v) is 6.81. The smallest absolute Gasteiger partial charge is 0.410 e. The number of carbonyl (C=O) groups is 1. The van der Waals surface area contributed by atoms with Gasteiger partial charge in [0.15, 0.2) is 0 Å². The predicted octanol–water partition coefficient (Wildman–Crippen LogP) is 3.22. The largest absolute Gasteiger partial charge is 0.458 e. The molecule has 2 heterocycles. The number of rotatable bonds is 2. The molecular weight excluding hydrogens is 306 g/mol. The summed E-state index contributed by atoms with van der Waals surface area (Å²) in [5.41, 5.74) is 0.243. The third-order valence-corrected chi connectivity index (χ3v) is 3.30. The third-order valence-electron chi connectivity index (χ3n) is 3.10. The maximum atomic E-state index is 12.1. The SMILES string of the molecule is Cc1cc(Cl)nc(O[C@@H]2CCCN(C(=O)OC(C)(C)C)C2)n1. The molecule has 1 fully saturated rings. The highest BCUT2D eigenvalue weighted by molar-refractivity contribution is 6.29. The number of likely N-dealkylation sites (tertiary alicyclic amines) is 1. The van der Waals surface area contributed by atoms with Gasteiger partial charge in [-0.3, -0.25) is 0 Å². The van der Waals surface area contributed by atoms with Crippen LogP contribution in [0.25, 0.3) is 0 Å². The average Bonchev–Trinajstić information content (AvgIpc) is 2.35. The van der Waals surface area contributed by atoms with Crippen LogP contribution in [-0.2, 0) is 4.74 Å². The Bertz CT molecular complexity index is 525. The topological polar surface area (TPSA) is 64.5 Å². The molecule has 1 aromatic heterocycles. The normalized spacial score (nSPS) is 19.0. The summed E-state index contributed by atoms with van der Waals surface area (Å²) in [5, 5.41) is 0.349. The summed E-state index contributed by atoms with van der Waals surface area (Å²) in [6.45, 7) is 8.52. The van der Waals surface area contributed by atoms with Crippen LogP contribution >= 0.6 is 11.6 Å². The summed E-state index contributed by atoms with van der Waals surface area (Å²) in [7, 11) is 0. The van der Waals surface area contributed by atoms with Gasteiger partial charge in [-0.25, -0.2) is 9.78 Å². The maximum absolute atomic E-state index is 12.1. The number of hydrogen-bond acceptors (Lipinski definition) is 5. The number of carbonyl (C=O) groups excluding carboxylic acids is 1. The van der Waals surface area contributed by atoms with E-state index in [4.69, 9.17) is 21.1 Å². The van der Waals surface area contributed by atoms with E-state index in [1.165, 1.54) is 0 Å². The molecule has 0 aromatic carbocycles. The highest BCUT2D eigenvalue weighted by Crippen LogP contribution is 2.19. The number of hydrogen-bond donors (Lipinski definition) is 0. The van der Waals surface area contributed by atoms with Gasteiger partial charge in [0.2, 0.25) is 0 Å². The first-order valence-electron chi connectivity index (χ1n) is 7.39. The maximum Gasteiger partial charge on any atom is 0.410 e. The van der Waals surface area contributed by atoms with Crippen LogP contribution in [-0.4, -0.2) is 45.8 Å². The van der Waals surface area contributed by atoms with Gasteiger partial charge in [-0.05, 0) is 46.6 Å². The Hall–Kier alpha value is -1.56. The van der Waals surface area contributed by atoms with Gasteiger partial charge in [0.05, 0.1) is 6.54 Å². The Kier molecular flexibility index (Phi) is 5.11. The first-order chi connectivity index (χ1) is 10.2. The Morgan fingerprint density at radius 1 is 1.41 bits per heavy atom. The van der Waals surface area contributed by atoms with E-state index in [9.17, 15) is 4.79 Å². The molecule has 1 atom stereocenters. The van der Waals surface area contributed by atoms with E-state index in [0.717, 1.165) is 18.5 Å². The van der Waals surface area contributed by atoms with Crippen LogP contribution in [0.5, 0.6) is 6.01 Å². The van der Waals surface area contributed by atoms with Crippen molar-refractivity contribution in [2.75, 3.05) is 13.1 Å². The predicted molar refractivity (Wildman–Crippen MR) is 83.2 cm³/mol. The van der Waals surface area contributed by atoms with Crippen molar-refractivity contribution in [3.8, 4) is 6.01 Å². The van der Waals surface area contributed by atoms with Gasteiger partial charge in [0, 0.05) is 12.2 Å². The summed E-state index contributed by atoms with van der Waals surface area (Å²) in [5.74, 6) is 0. The molecule has 0 bridgehead atoms. The fourth-order valence-corrected chi connectivity index (χ4v) is 2.46. The Labute approximate surface area is 135 Å². The fourth-order valence-electron chi connectivity index (χ4n) is 2.23. The Balaban J connectivity index is 1.97. The number of aromatic nitrogens is 2. The summed E-state index contributed by atoms with van der Waals surface area (Å²) in [6, 6.07) is 1.92. The minimum Gasteiger partial charge on any atom is -0.458 e. The van der Waals surface area contributed by atoms with Gasteiger partial charge in [-0.15, -0.1) is 0 Å². The lowest BCUT2D eigenvalue weighted by Gasteiger charge is -2.33. The number of amides is 1. The lowest BCUT2D eigenvalue weighted by Crippen LogP contribution is -2.46. The van der Waals surface area contributed by atoms with Crippen LogP contribution in [0.3, 0.4) is 0 Å². The zero-order valence-electron chi connectivity index (χ0n) is 13.4.